The van der Waals surface area contributed by atoms with Crippen LogP contribution in [0, 0.1) is 0 Å². The second-order valence-corrected chi connectivity index (χ2v) is 11.3. The number of ether oxygens (including phenoxy) is 2. The van der Waals surface area contributed by atoms with Crippen LogP contribution in [-0.2, 0) is 16.1 Å². The van der Waals surface area contributed by atoms with Crippen LogP contribution in [-0.4, -0.2) is 48.0 Å². The fourth-order valence-corrected chi connectivity index (χ4v) is 6.31. The Morgan fingerprint density at radius 2 is 1.68 bits per heavy atom. The number of hydrogen-bond donors (Lipinski definition) is 4. The van der Waals surface area contributed by atoms with E-state index in [-0.39, 0.29) is 49.1 Å². The molecule has 3 aromatic rings. The quantitative estimate of drug-likeness (QED) is 0.309. The molecule has 2 fully saturated rings. The van der Waals surface area contributed by atoms with E-state index in [2.05, 4.69) is 40.2 Å². The van der Waals surface area contributed by atoms with E-state index in [4.69, 9.17) is 9.47 Å². The van der Waals surface area contributed by atoms with Crippen LogP contribution in [0.25, 0.3) is 11.1 Å². The van der Waals surface area contributed by atoms with Gasteiger partial charge in [0, 0.05) is 29.8 Å². The molecule has 3 aromatic carbocycles. The highest BCUT2D eigenvalue weighted by Gasteiger charge is 2.46. The van der Waals surface area contributed by atoms with Crippen molar-refractivity contribution in [3.05, 3.63) is 83.9 Å². The first kappa shape index (κ1) is 27.3. The smallest absolute Gasteiger partial charge is 0.319 e. The number of rotatable bonds is 8. The van der Waals surface area contributed by atoms with E-state index in [0.717, 1.165) is 53.7 Å². The molecule has 6 rings (SSSR count). The number of carbonyl (C=O) groups is 2. The minimum absolute atomic E-state index is 0.0427. The van der Waals surface area contributed by atoms with Gasteiger partial charge in [0.2, 0.25) is 5.91 Å². The number of aliphatic hydroxyl groups excluding tert-OH is 1. The largest absolute Gasteiger partial charge is 0.487 e. The van der Waals surface area contributed by atoms with Gasteiger partial charge in [-0.15, -0.1) is 0 Å². The van der Waals surface area contributed by atoms with Crippen molar-refractivity contribution in [3.8, 4) is 16.9 Å². The Kier molecular flexibility index (Phi) is 8.21. The molecule has 1 saturated carbocycles. The molecule has 41 heavy (non-hydrogen) atoms. The summed E-state index contributed by atoms with van der Waals surface area (Å²) in [5, 5.41) is 19.1. The van der Waals surface area contributed by atoms with E-state index in [9.17, 15) is 14.7 Å². The molecule has 0 aromatic heterocycles. The molecule has 3 aliphatic rings. The van der Waals surface area contributed by atoms with Crippen LogP contribution in [0.1, 0.15) is 55.6 Å². The lowest BCUT2D eigenvalue weighted by molar-refractivity contribution is -0.142. The predicted molar refractivity (Wildman–Crippen MR) is 157 cm³/mol. The number of aliphatic hydroxyl groups is 1. The summed E-state index contributed by atoms with van der Waals surface area (Å²) in [5.41, 5.74) is 4.98. The average Bonchev–Trinajstić information content (AvgIpc) is 3.64. The molecule has 2 aliphatic heterocycles. The molecule has 1 saturated heterocycles. The highest BCUT2D eigenvalue weighted by atomic mass is 16.6. The minimum Gasteiger partial charge on any atom is -0.487 e. The molecule has 1 aliphatic carbocycles. The number of hydrogen-bond acceptors (Lipinski definition) is 5. The van der Waals surface area contributed by atoms with Crippen LogP contribution < -0.4 is 20.7 Å². The maximum Gasteiger partial charge on any atom is 0.319 e. The van der Waals surface area contributed by atoms with Crippen molar-refractivity contribution in [1.82, 2.24) is 10.6 Å². The Labute approximate surface area is 240 Å². The summed E-state index contributed by atoms with van der Waals surface area (Å²) in [6, 6.07) is 24.0. The number of benzene rings is 3. The molecule has 2 heterocycles. The van der Waals surface area contributed by atoms with Gasteiger partial charge < -0.3 is 30.5 Å². The van der Waals surface area contributed by atoms with Gasteiger partial charge in [0.05, 0.1) is 19.1 Å². The maximum absolute atomic E-state index is 12.9. The lowest BCUT2D eigenvalue weighted by atomic mass is 9.84. The van der Waals surface area contributed by atoms with Crippen molar-refractivity contribution < 1.29 is 24.2 Å². The van der Waals surface area contributed by atoms with Crippen molar-refractivity contribution >= 4 is 17.6 Å². The molecule has 4 atom stereocenters. The lowest BCUT2D eigenvalue weighted by Gasteiger charge is -2.37. The molecule has 0 radical (unpaired) electrons. The van der Waals surface area contributed by atoms with Crippen molar-refractivity contribution in [2.24, 2.45) is 0 Å². The first-order chi connectivity index (χ1) is 20.1. The van der Waals surface area contributed by atoms with Gasteiger partial charge in [-0.05, 0) is 54.2 Å². The Bertz CT molecular complexity index is 1360. The number of carbonyl (C=O) groups excluding carboxylic acids is 2. The van der Waals surface area contributed by atoms with Crippen molar-refractivity contribution in [2.75, 3.05) is 11.9 Å². The summed E-state index contributed by atoms with van der Waals surface area (Å²) < 4.78 is 12.3. The summed E-state index contributed by atoms with van der Waals surface area (Å²) in [7, 11) is 0. The molecule has 0 spiro atoms. The van der Waals surface area contributed by atoms with Crippen LogP contribution in [0.2, 0.25) is 0 Å². The predicted octanol–water partition coefficient (Wildman–Crippen LogP) is 5.12. The monoisotopic (exact) mass is 555 g/mol. The topological polar surface area (TPSA) is 109 Å². The van der Waals surface area contributed by atoms with Crippen LogP contribution in [0.4, 0.5) is 10.5 Å². The van der Waals surface area contributed by atoms with Crippen molar-refractivity contribution in [1.29, 1.82) is 0 Å². The SMILES string of the molecule is O=C(C[C@H]1C[C@H]2c3cc(NC(=O)NC4CCCC4)ccc3O[C@H]2[C@@H](CO)O1)NCc1ccc(-c2ccccc2)cc1. The summed E-state index contributed by atoms with van der Waals surface area (Å²) in [6.07, 6.45) is 3.90. The summed E-state index contributed by atoms with van der Waals surface area (Å²) in [5.74, 6) is 0.585. The van der Waals surface area contributed by atoms with E-state index in [1.165, 1.54) is 0 Å². The lowest BCUT2D eigenvalue weighted by Crippen LogP contribution is -2.47. The van der Waals surface area contributed by atoms with Gasteiger partial charge in [-0.25, -0.2) is 4.79 Å². The molecular formula is C33H37N3O5. The average molecular weight is 556 g/mol. The molecular weight excluding hydrogens is 518 g/mol. The zero-order valence-corrected chi connectivity index (χ0v) is 23.1. The van der Waals surface area contributed by atoms with Crippen molar-refractivity contribution in [2.45, 2.75) is 75.3 Å². The molecule has 4 N–H and O–H groups in total. The first-order valence-corrected chi connectivity index (χ1v) is 14.6. The van der Waals surface area contributed by atoms with Crippen molar-refractivity contribution in [3.63, 3.8) is 0 Å². The highest BCUT2D eigenvalue weighted by Crippen LogP contribution is 2.47. The second kappa shape index (κ2) is 12.3. The highest BCUT2D eigenvalue weighted by molar-refractivity contribution is 5.89. The summed E-state index contributed by atoms with van der Waals surface area (Å²) in [6.45, 7) is 0.232. The number of anilines is 1. The molecule has 8 nitrogen and oxygen atoms in total. The summed E-state index contributed by atoms with van der Waals surface area (Å²) in [4.78, 5) is 25.4. The van der Waals surface area contributed by atoms with Crippen LogP contribution in [0.5, 0.6) is 5.75 Å². The molecule has 0 bridgehead atoms. The molecule has 3 amide bonds. The Morgan fingerprint density at radius 1 is 0.927 bits per heavy atom. The molecule has 8 heteroatoms. The Hall–Kier alpha value is -3.88. The van der Waals surface area contributed by atoms with E-state index in [1.54, 1.807) is 0 Å². The molecule has 0 unspecified atom stereocenters. The van der Waals surface area contributed by atoms with Gasteiger partial charge in [-0.3, -0.25) is 4.79 Å². The maximum atomic E-state index is 12.9. The van der Waals surface area contributed by atoms with E-state index in [1.807, 2.05) is 48.5 Å². The molecule has 214 valence electrons. The van der Waals surface area contributed by atoms with Gasteiger partial charge in [0.15, 0.2) is 0 Å². The van der Waals surface area contributed by atoms with Gasteiger partial charge in [0.25, 0.3) is 0 Å². The summed E-state index contributed by atoms with van der Waals surface area (Å²) >= 11 is 0. The third-order valence-corrected chi connectivity index (χ3v) is 8.41. The van der Waals surface area contributed by atoms with Crippen LogP contribution in [0.15, 0.2) is 72.8 Å². The number of amides is 3. The third kappa shape index (κ3) is 6.39. The normalized spacial score (nSPS) is 23.2. The Balaban J connectivity index is 1.05. The van der Waals surface area contributed by atoms with Gasteiger partial charge in [0.1, 0.15) is 18.0 Å². The standard InChI is InChI=1S/C33H37N3O5/c37-20-30-32-28(27-16-25(14-15-29(27)41-32)36-33(39)35-24-8-4-5-9-24)17-26(40-30)18-31(38)34-19-21-10-12-23(13-11-21)22-6-2-1-3-7-22/h1-3,6-7,10-16,24,26,28,30,32,37H,4-5,8-9,17-20H2,(H,34,38)(H2,35,36,39)/t26-,28+,30-,32-/m1/s1. The van der Waals surface area contributed by atoms with E-state index >= 15 is 0 Å². The minimum atomic E-state index is -0.536. The number of fused-ring (bicyclic) bond motifs is 3. The first-order valence-electron chi connectivity index (χ1n) is 14.6. The van der Waals surface area contributed by atoms with Gasteiger partial charge in [-0.1, -0.05) is 67.4 Å². The van der Waals surface area contributed by atoms with Gasteiger partial charge >= 0.3 is 6.03 Å². The zero-order valence-electron chi connectivity index (χ0n) is 23.1. The van der Waals surface area contributed by atoms with Crippen LogP contribution >= 0.6 is 0 Å². The third-order valence-electron chi connectivity index (χ3n) is 8.41. The van der Waals surface area contributed by atoms with E-state index in [0.29, 0.717) is 18.7 Å². The zero-order chi connectivity index (χ0) is 28.2. The van der Waals surface area contributed by atoms with Crippen LogP contribution in [0.3, 0.4) is 0 Å². The number of nitrogens with one attached hydrogen (secondary N) is 3. The van der Waals surface area contributed by atoms with Gasteiger partial charge in [-0.2, -0.15) is 0 Å². The fraction of sp³-hybridized carbons (Fsp3) is 0.394. The second-order valence-electron chi connectivity index (χ2n) is 11.3. The van der Waals surface area contributed by atoms with E-state index < -0.39 is 6.10 Å². The number of urea groups is 1. The fourth-order valence-electron chi connectivity index (χ4n) is 6.31. The Morgan fingerprint density at radius 3 is 2.44 bits per heavy atom.